The number of hydrogen-bond donors (Lipinski definition) is 1. The molecule has 146 valence electrons. The summed E-state index contributed by atoms with van der Waals surface area (Å²) in [6, 6.07) is 17.9. The van der Waals surface area contributed by atoms with Crippen LogP contribution in [-0.2, 0) is 11.2 Å². The Morgan fingerprint density at radius 1 is 1.21 bits per heavy atom. The van der Waals surface area contributed by atoms with Gasteiger partial charge in [-0.3, -0.25) is 9.69 Å². The summed E-state index contributed by atoms with van der Waals surface area (Å²) in [4.78, 5) is 17.2. The van der Waals surface area contributed by atoms with E-state index < -0.39 is 0 Å². The van der Waals surface area contributed by atoms with E-state index in [-0.39, 0.29) is 18.1 Å². The Hall–Kier alpha value is -2.63. The molecule has 0 spiro atoms. The van der Waals surface area contributed by atoms with Crippen molar-refractivity contribution < 1.29 is 14.3 Å². The van der Waals surface area contributed by atoms with Crippen LogP contribution in [0.3, 0.4) is 0 Å². The molecule has 0 bridgehead atoms. The third kappa shape index (κ3) is 3.96. The van der Waals surface area contributed by atoms with Crippen molar-refractivity contribution in [3.8, 4) is 0 Å². The number of aliphatic hydroxyl groups is 1. The molecule has 1 aliphatic heterocycles. The minimum absolute atomic E-state index is 0.0557. The van der Waals surface area contributed by atoms with Gasteiger partial charge in [0.15, 0.2) is 0 Å². The number of carbonyl (C=O) groups excluding carboxylic acids is 1. The number of hydrogen-bond acceptors (Lipinski definition) is 4. The molecule has 4 rings (SSSR count). The van der Waals surface area contributed by atoms with E-state index in [1.54, 1.807) is 6.26 Å². The third-order valence-electron chi connectivity index (χ3n) is 5.63. The molecule has 0 unspecified atom stereocenters. The molecule has 1 amide bonds. The molecule has 5 heteroatoms. The fourth-order valence-corrected chi connectivity index (χ4v) is 3.98. The summed E-state index contributed by atoms with van der Waals surface area (Å²) >= 11 is 0. The zero-order valence-corrected chi connectivity index (χ0v) is 16.1. The second-order valence-corrected chi connectivity index (χ2v) is 7.57. The van der Waals surface area contributed by atoms with Crippen molar-refractivity contribution in [1.82, 2.24) is 9.80 Å². The van der Waals surface area contributed by atoms with Crippen molar-refractivity contribution >= 4 is 16.9 Å². The van der Waals surface area contributed by atoms with Crippen LogP contribution < -0.4 is 0 Å². The number of carbonyl (C=O) groups is 1. The van der Waals surface area contributed by atoms with Crippen molar-refractivity contribution in [3.05, 3.63) is 72.0 Å². The highest BCUT2D eigenvalue weighted by molar-refractivity contribution is 5.87. The average molecular weight is 378 g/mol. The molecule has 0 radical (unpaired) electrons. The van der Waals surface area contributed by atoms with Crippen LogP contribution in [0.5, 0.6) is 0 Å². The van der Waals surface area contributed by atoms with E-state index in [4.69, 9.17) is 4.42 Å². The highest BCUT2D eigenvalue weighted by Gasteiger charge is 2.28. The Morgan fingerprint density at radius 2 is 1.96 bits per heavy atom. The zero-order chi connectivity index (χ0) is 19.5. The van der Waals surface area contributed by atoms with Gasteiger partial charge in [0.05, 0.1) is 24.8 Å². The molecule has 1 saturated heterocycles. The molecular weight excluding hydrogens is 352 g/mol. The van der Waals surface area contributed by atoms with Crippen LogP contribution in [0.1, 0.15) is 23.6 Å². The maximum Gasteiger partial charge on any atom is 0.227 e. The van der Waals surface area contributed by atoms with E-state index in [1.807, 2.05) is 54.4 Å². The Bertz CT molecular complexity index is 937. The molecule has 1 fully saturated rings. The lowest BCUT2D eigenvalue weighted by Gasteiger charge is -2.32. The summed E-state index contributed by atoms with van der Waals surface area (Å²) in [5, 5.41) is 10.9. The van der Waals surface area contributed by atoms with E-state index in [1.165, 1.54) is 0 Å². The Morgan fingerprint density at radius 3 is 2.71 bits per heavy atom. The predicted molar refractivity (Wildman–Crippen MR) is 109 cm³/mol. The fraction of sp³-hybridized carbons (Fsp3) is 0.348. The number of furan rings is 1. The molecule has 2 atom stereocenters. The van der Waals surface area contributed by atoms with Crippen LogP contribution in [-0.4, -0.2) is 53.6 Å². The number of para-hydroxylation sites is 1. The molecule has 5 nitrogen and oxygen atoms in total. The summed E-state index contributed by atoms with van der Waals surface area (Å²) < 4.78 is 5.59. The number of β-amino-alcohol motifs (C(OH)–C–C–N with tert-alkyl or cyclic N) is 1. The molecular formula is C23H26N2O3. The quantitative estimate of drug-likeness (QED) is 0.715. The first-order valence-electron chi connectivity index (χ1n) is 9.78. The van der Waals surface area contributed by atoms with Gasteiger partial charge in [-0.15, -0.1) is 0 Å². The smallest absolute Gasteiger partial charge is 0.227 e. The normalized spacial score (nSPS) is 18.4. The molecule has 1 aromatic heterocycles. The highest BCUT2D eigenvalue weighted by Crippen LogP contribution is 2.26. The highest BCUT2D eigenvalue weighted by atomic mass is 16.3. The minimum Gasteiger partial charge on any atom is -0.464 e. The predicted octanol–water partition coefficient (Wildman–Crippen LogP) is 3.24. The lowest BCUT2D eigenvalue weighted by Crippen LogP contribution is -2.39. The summed E-state index contributed by atoms with van der Waals surface area (Å²) in [7, 11) is 1.87. The number of amides is 1. The summed E-state index contributed by atoms with van der Waals surface area (Å²) in [6.07, 6.45) is 2.51. The largest absolute Gasteiger partial charge is 0.464 e. The first kappa shape index (κ1) is 18.7. The number of rotatable bonds is 6. The molecule has 0 aliphatic carbocycles. The van der Waals surface area contributed by atoms with E-state index in [9.17, 15) is 9.90 Å². The van der Waals surface area contributed by atoms with E-state index >= 15 is 0 Å². The molecule has 28 heavy (non-hydrogen) atoms. The number of aliphatic hydroxyl groups excluding tert-OH is 1. The Labute approximate surface area is 165 Å². The topological polar surface area (TPSA) is 56.9 Å². The monoisotopic (exact) mass is 378 g/mol. The van der Waals surface area contributed by atoms with Crippen molar-refractivity contribution in [3.63, 3.8) is 0 Å². The van der Waals surface area contributed by atoms with Gasteiger partial charge in [0.2, 0.25) is 5.91 Å². The van der Waals surface area contributed by atoms with Crippen molar-refractivity contribution in [2.24, 2.45) is 0 Å². The lowest BCUT2D eigenvalue weighted by molar-refractivity contribution is -0.131. The number of nitrogens with zero attached hydrogens (tertiary/aromatic N) is 2. The van der Waals surface area contributed by atoms with Crippen LogP contribution in [0.2, 0.25) is 0 Å². The molecule has 1 N–H and O–H groups in total. The van der Waals surface area contributed by atoms with E-state index in [0.717, 1.165) is 41.6 Å². The Balaban J connectivity index is 1.54. The van der Waals surface area contributed by atoms with Gasteiger partial charge in [0.25, 0.3) is 0 Å². The number of fused-ring (bicyclic) bond motifs is 1. The first-order chi connectivity index (χ1) is 13.6. The maximum absolute atomic E-state index is 13.1. The summed E-state index contributed by atoms with van der Waals surface area (Å²) in [5.74, 6) is 0.0557. The minimum atomic E-state index is -0.269. The molecule has 2 heterocycles. The Kier molecular flexibility index (Phi) is 5.46. The lowest BCUT2D eigenvalue weighted by atomic mass is 10.0. The van der Waals surface area contributed by atoms with Crippen molar-refractivity contribution in [2.75, 3.05) is 26.7 Å². The van der Waals surface area contributed by atoms with Gasteiger partial charge in [0, 0.05) is 37.6 Å². The van der Waals surface area contributed by atoms with E-state index in [2.05, 4.69) is 17.0 Å². The molecule has 1 aliphatic rings. The molecule has 3 aromatic rings. The molecule has 2 aromatic carbocycles. The van der Waals surface area contributed by atoms with Crippen LogP contribution in [0, 0.1) is 0 Å². The van der Waals surface area contributed by atoms with Crippen molar-refractivity contribution in [2.45, 2.75) is 25.0 Å². The standard InChI is InChI=1S/C23H26N2O3/c1-24(23(27)13-18-16-28-22-10-6-5-9-20(18)22)21(17-7-3-2-4-8-17)15-25-12-11-19(26)14-25/h2-10,16,19,21,26H,11-15H2,1H3/t19-,21+/m0/s1. The third-order valence-corrected chi connectivity index (χ3v) is 5.63. The number of benzene rings is 2. The number of likely N-dealkylation sites (tertiary alicyclic amines) is 1. The second kappa shape index (κ2) is 8.17. The number of likely N-dealkylation sites (N-methyl/N-ethyl adjacent to an activating group) is 1. The van der Waals surface area contributed by atoms with Gasteiger partial charge < -0.3 is 14.4 Å². The van der Waals surface area contributed by atoms with Crippen LogP contribution in [0.4, 0.5) is 0 Å². The van der Waals surface area contributed by atoms with Crippen LogP contribution in [0.15, 0.2) is 65.3 Å². The first-order valence-corrected chi connectivity index (χ1v) is 9.78. The summed E-state index contributed by atoms with van der Waals surface area (Å²) in [6.45, 7) is 2.24. The van der Waals surface area contributed by atoms with Gasteiger partial charge in [0.1, 0.15) is 5.58 Å². The van der Waals surface area contributed by atoms with E-state index in [0.29, 0.717) is 13.0 Å². The zero-order valence-electron chi connectivity index (χ0n) is 16.1. The molecule has 0 saturated carbocycles. The SMILES string of the molecule is CN(C(=O)Cc1coc2ccccc12)[C@H](CN1CC[C@H](O)C1)c1ccccc1. The van der Waals surface area contributed by atoms with Crippen LogP contribution in [0.25, 0.3) is 11.0 Å². The van der Waals surface area contributed by atoms with Gasteiger partial charge in [-0.2, -0.15) is 0 Å². The van der Waals surface area contributed by atoms with Crippen molar-refractivity contribution in [1.29, 1.82) is 0 Å². The van der Waals surface area contributed by atoms with Gasteiger partial charge in [-0.1, -0.05) is 48.5 Å². The van der Waals surface area contributed by atoms with Gasteiger partial charge in [-0.05, 0) is 18.1 Å². The van der Waals surface area contributed by atoms with Crippen LogP contribution >= 0.6 is 0 Å². The second-order valence-electron chi connectivity index (χ2n) is 7.57. The van der Waals surface area contributed by atoms with Gasteiger partial charge >= 0.3 is 0 Å². The average Bonchev–Trinajstić information content (AvgIpc) is 3.32. The maximum atomic E-state index is 13.1. The summed E-state index contributed by atoms with van der Waals surface area (Å²) in [5.41, 5.74) is 2.83. The fourth-order valence-electron chi connectivity index (χ4n) is 3.98. The van der Waals surface area contributed by atoms with Gasteiger partial charge in [-0.25, -0.2) is 0 Å².